The molecule has 2 N–H and O–H groups in total. The lowest BCUT2D eigenvalue weighted by atomic mass is 9.92. The van der Waals surface area contributed by atoms with E-state index >= 15 is 0 Å². The zero-order valence-electron chi connectivity index (χ0n) is 9.84. The van der Waals surface area contributed by atoms with Crippen LogP contribution in [0.15, 0.2) is 18.2 Å². The predicted octanol–water partition coefficient (Wildman–Crippen LogP) is 3.35. The van der Waals surface area contributed by atoms with Gasteiger partial charge in [-0.05, 0) is 30.4 Å². The molecular formula is C12H16ClFN2O2. The Kier molecular flexibility index (Phi) is 5.04. The minimum atomic E-state index is -0.808. The van der Waals surface area contributed by atoms with E-state index in [-0.39, 0.29) is 18.4 Å². The highest BCUT2D eigenvalue weighted by Gasteiger charge is 2.25. The summed E-state index contributed by atoms with van der Waals surface area (Å²) < 4.78 is 13.2. The fourth-order valence-corrected chi connectivity index (χ4v) is 2.47. The minimum Gasteiger partial charge on any atom is -0.324 e. The van der Waals surface area contributed by atoms with Crippen molar-refractivity contribution in [2.45, 2.75) is 31.7 Å². The van der Waals surface area contributed by atoms with Gasteiger partial charge in [0.2, 0.25) is 5.82 Å². The van der Waals surface area contributed by atoms with Gasteiger partial charge in [0.25, 0.3) is 0 Å². The average Bonchev–Trinajstić information content (AvgIpc) is 2.81. The number of nitro groups is 1. The van der Waals surface area contributed by atoms with Crippen LogP contribution < -0.4 is 5.73 Å². The number of benzene rings is 1. The summed E-state index contributed by atoms with van der Waals surface area (Å²) >= 11 is 0. The number of nitrogens with two attached hydrogens (primary N) is 1. The van der Waals surface area contributed by atoms with Crippen molar-refractivity contribution >= 4 is 18.1 Å². The van der Waals surface area contributed by atoms with Gasteiger partial charge in [0.1, 0.15) is 0 Å². The summed E-state index contributed by atoms with van der Waals surface area (Å²) in [7, 11) is 0. The monoisotopic (exact) mass is 274 g/mol. The highest BCUT2D eigenvalue weighted by molar-refractivity contribution is 5.85. The fourth-order valence-electron chi connectivity index (χ4n) is 2.47. The van der Waals surface area contributed by atoms with Crippen LogP contribution in [0, 0.1) is 21.8 Å². The van der Waals surface area contributed by atoms with Crippen LogP contribution in [0.5, 0.6) is 0 Å². The van der Waals surface area contributed by atoms with Crippen molar-refractivity contribution in [2.24, 2.45) is 11.7 Å². The van der Waals surface area contributed by atoms with E-state index in [1.807, 2.05) is 0 Å². The first-order valence-electron chi connectivity index (χ1n) is 5.79. The van der Waals surface area contributed by atoms with Crippen LogP contribution in [0.25, 0.3) is 0 Å². The average molecular weight is 275 g/mol. The van der Waals surface area contributed by atoms with Crippen molar-refractivity contribution in [1.82, 2.24) is 0 Å². The van der Waals surface area contributed by atoms with E-state index in [1.165, 1.54) is 6.07 Å². The van der Waals surface area contributed by atoms with Crippen molar-refractivity contribution in [3.05, 3.63) is 39.7 Å². The number of rotatable bonds is 3. The molecule has 0 unspecified atom stereocenters. The molecule has 1 fully saturated rings. The van der Waals surface area contributed by atoms with Crippen molar-refractivity contribution in [1.29, 1.82) is 0 Å². The summed E-state index contributed by atoms with van der Waals surface area (Å²) in [6, 6.07) is 3.71. The fraction of sp³-hybridized carbons (Fsp3) is 0.500. The molecule has 0 spiro atoms. The van der Waals surface area contributed by atoms with E-state index in [4.69, 9.17) is 5.73 Å². The van der Waals surface area contributed by atoms with Crippen molar-refractivity contribution in [3.8, 4) is 0 Å². The zero-order chi connectivity index (χ0) is 12.4. The highest BCUT2D eigenvalue weighted by atomic mass is 35.5. The molecule has 100 valence electrons. The lowest BCUT2D eigenvalue weighted by Gasteiger charge is -2.18. The molecule has 1 aliphatic rings. The summed E-state index contributed by atoms with van der Waals surface area (Å²) in [5.74, 6) is -0.447. The van der Waals surface area contributed by atoms with Gasteiger partial charge in [-0.1, -0.05) is 18.9 Å². The van der Waals surface area contributed by atoms with Crippen LogP contribution >= 0.6 is 12.4 Å². The van der Waals surface area contributed by atoms with Crippen molar-refractivity contribution in [3.63, 3.8) is 0 Å². The second-order valence-corrected chi connectivity index (χ2v) is 4.54. The van der Waals surface area contributed by atoms with Gasteiger partial charge >= 0.3 is 5.69 Å². The molecule has 18 heavy (non-hydrogen) atoms. The SMILES string of the molecule is Cl.N[C@H](c1ccc(F)c([N+](=O)[O-])c1)C1CCCC1. The quantitative estimate of drug-likeness (QED) is 0.679. The maximum absolute atomic E-state index is 13.2. The third kappa shape index (κ3) is 2.97. The Morgan fingerprint density at radius 3 is 2.56 bits per heavy atom. The summed E-state index contributed by atoms with van der Waals surface area (Å²) in [6.07, 6.45) is 4.40. The topological polar surface area (TPSA) is 69.2 Å². The molecule has 0 amide bonds. The molecule has 1 atom stereocenters. The first kappa shape index (κ1) is 14.9. The molecule has 1 aromatic rings. The van der Waals surface area contributed by atoms with Crippen LogP contribution in [0.4, 0.5) is 10.1 Å². The van der Waals surface area contributed by atoms with Gasteiger partial charge in [0, 0.05) is 12.1 Å². The number of nitrogens with zero attached hydrogens (tertiary/aromatic N) is 1. The minimum absolute atomic E-state index is 0. The molecule has 0 saturated heterocycles. The Bertz CT molecular complexity index is 436. The molecule has 0 bridgehead atoms. The third-order valence-electron chi connectivity index (χ3n) is 3.46. The molecule has 0 heterocycles. The maximum Gasteiger partial charge on any atom is 0.305 e. The first-order valence-corrected chi connectivity index (χ1v) is 5.79. The van der Waals surface area contributed by atoms with Crippen LogP contribution in [0.1, 0.15) is 37.3 Å². The number of nitro benzene ring substituents is 1. The van der Waals surface area contributed by atoms with Crippen molar-refractivity contribution in [2.75, 3.05) is 0 Å². The molecule has 4 nitrogen and oxygen atoms in total. The molecule has 1 saturated carbocycles. The Morgan fingerprint density at radius 2 is 2.00 bits per heavy atom. The molecular weight excluding hydrogens is 259 g/mol. The second kappa shape index (κ2) is 6.11. The molecule has 1 aliphatic carbocycles. The Morgan fingerprint density at radius 1 is 1.39 bits per heavy atom. The van der Waals surface area contributed by atoms with E-state index in [2.05, 4.69) is 0 Å². The van der Waals surface area contributed by atoms with E-state index < -0.39 is 16.4 Å². The van der Waals surface area contributed by atoms with Crippen LogP contribution in [0.3, 0.4) is 0 Å². The Labute approximate surface area is 111 Å². The Hall–Kier alpha value is -1.20. The number of hydrogen-bond acceptors (Lipinski definition) is 3. The summed E-state index contributed by atoms with van der Waals surface area (Å²) in [5.41, 5.74) is 6.24. The van der Waals surface area contributed by atoms with E-state index in [9.17, 15) is 14.5 Å². The second-order valence-electron chi connectivity index (χ2n) is 4.54. The Balaban J connectivity index is 0.00000162. The summed E-state index contributed by atoms with van der Waals surface area (Å²) in [5, 5.41) is 10.6. The van der Waals surface area contributed by atoms with Gasteiger partial charge in [-0.15, -0.1) is 12.4 Å². The van der Waals surface area contributed by atoms with Gasteiger partial charge in [-0.25, -0.2) is 0 Å². The summed E-state index contributed by atoms with van der Waals surface area (Å²) in [6.45, 7) is 0. The largest absolute Gasteiger partial charge is 0.324 e. The van der Waals surface area contributed by atoms with Gasteiger partial charge in [0.05, 0.1) is 4.92 Å². The van der Waals surface area contributed by atoms with Gasteiger partial charge in [-0.3, -0.25) is 10.1 Å². The predicted molar refractivity (Wildman–Crippen MR) is 69.2 cm³/mol. The molecule has 2 rings (SSSR count). The standard InChI is InChI=1S/C12H15FN2O2.ClH/c13-10-6-5-9(7-11(10)15(16)17)12(14)8-3-1-2-4-8;/h5-8,12H,1-4,14H2;1H/t12-;/m0./s1. The number of hydrogen-bond donors (Lipinski definition) is 1. The van der Waals surface area contributed by atoms with E-state index in [0.717, 1.165) is 31.7 Å². The van der Waals surface area contributed by atoms with E-state index in [1.54, 1.807) is 6.07 Å². The maximum atomic E-state index is 13.2. The van der Waals surface area contributed by atoms with Crippen LogP contribution in [0.2, 0.25) is 0 Å². The number of halogens is 2. The highest BCUT2D eigenvalue weighted by Crippen LogP contribution is 2.35. The molecule has 0 radical (unpaired) electrons. The zero-order valence-corrected chi connectivity index (χ0v) is 10.7. The molecule has 0 aliphatic heterocycles. The van der Waals surface area contributed by atoms with Crippen LogP contribution in [-0.2, 0) is 0 Å². The lowest BCUT2D eigenvalue weighted by Crippen LogP contribution is -2.19. The molecule has 6 heteroatoms. The van der Waals surface area contributed by atoms with Gasteiger partial charge in [-0.2, -0.15) is 4.39 Å². The third-order valence-corrected chi connectivity index (χ3v) is 3.46. The van der Waals surface area contributed by atoms with Crippen molar-refractivity contribution < 1.29 is 9.31 Å². The molecule has 0 aromatic heterocycles. The smallest absolute Gasteiger partial charge is 0.305 e. The van der Waals surface area contributed by atoms with Crippen LogP contribution in [-0.4, -0.2) is 4.92 Å². The van der Waals surface area contributed by atoms with E-state index in [0.29, 0.717) is 11.5 Å². The van der Waals surface area contributed by atoms with Gasteiger partial charge < -0.3 is 5.73 Å². The van der Waals surface area contributed by atoms with Gasteiger partial charge in [0.15, 0.2) is 0 Å². The lowest BCUT2D eigenvalue weighted by molar-refractivity contribution is -0.387. The summed E-state index contributed by atoms with van der Waals surface area (Å²) in [4.78, 5) is 9.93. The first-order chi connectivity index (χ1) is 8.09. The normalized spacial score (nSPS) is 17.2. The molecule has 1 aromatic carbocycles.